The van der Waals surface area contributed by atoms with Gasteiger partial charge in [0.05, 0.1) is 5.69 Å². The van der Waals surface area contributed by atoms with Crippen LogP contribution in [0.1, 0.15) is 26.2 Å². The molecule has 1 aromatic carbocycles. The summed E-state index contributed by atoms with van der Waals surface area (Å²) in [5.74, 6) is 0.803. The fourth-order valence-electron chi connectivity index (χ4n) is 3.65. The van der Waals surface area contributed by atoms with Crippen LogP contribution in [-0.2, 0) is 0 Å². The zero-order valence-corrected chi connectivity index (χ0v) is 19.1. The number of halogens is 2. The van der Waals surface area contributed by atoms with Crippen LogP contribution in [0.5, 0.6) is 0 Å². The molecule has 0 unspecified atom stereocenters. The van der Waals surface area contributed by atoms with Crippen molar-refractivity contribution in [3.63, 3.8) is 0 Å². The molecule has 0 aromatic heterocycles. The molecule has 1 aromatic rings. The fourth-order valence-corrected chi connectivity index (χ4v) is 3.65. The zero-order valence-electron chi connectivity index (χ0n) is 16.7. The predicted octanol–water partition coefficient (Wildman–Crippen LogP) is 3.23. The molecule has 0 saturated carbocycles. The Kier molecular flexibility index (Phi) is 10.0. The third-order valence-corrected chi connectivity index (χ3v) is 5.16. The van der Waals surface area contributed by atoms with E-state index >= 15 is 0 Å². The van der Waals surface area contributed by atoms with E-state index in [9.17, 15) is 4.39 Å². The summed E-state index contributed by atoms with van der Waals surface area (Å²) in [6, 6.07) is 7.54. The summed E-state index contributed by atoms with van der Waals surface area (Å²) in [5.41, 5.74) is 0.726. The number of rotatable bonds is 7. The highest BCUT2D eigenvalue weighted by atomic mass is 127. The fraction of sp³-hybridized carbons (Fsp3) is 0.571. The van der Waals surface area contributed by atoms with E-state index in [4.69, 9.17) is 4.99 Å². The van der Waals surface area contributed by atoms with Gasteiger partial charge in [-0.15, -0.1) is 24.0 Å². The second-order valence-electron chi connectivity index (χ2n) is 7.18. The number of nitrogens with zero attached hydrogens (tertiary/aromatic N) is 3. The van der Waals surface area contributed by atoms with Crippen molar-refractivity contribution in [1.29, 1.82) is 0 Å². The number of guanidine groups is 1. The zero-order chi connectivity index (χ0) is 18.9. The minimum atomic E-state index is -0.124. The van der Waals surface area contributed by atoms with E-state index in [2.05, 4.69) is 39.5 Å². The molecule has 0 radical (unpaired) electrons. The number of benzene rings is 1. The van der Waals surface area contributed by atoms with Crippen LogP contribution in [0.2, 0.25) is 0 Å². The molecule has 28 heavy (non-hydrogen) atoms. The molecule has 7 heteroatoms. The Balaban J connectivity index is 0.00000280. The van der Waals surface area contributed by atoms with Gasteiger partial charge in [0.15, 0.2) is 5.96 Å². The van der Waals surface area contributed by atoms with E-state index in [1.54, 1.807) is 6.07 Å². The summed E-state index contributed by atoms with van der Waals surface area (Å²) in [6.45, 7) is 8.55. The van der Waals surface area contributed by atoms with Gasteiger partial charge in [-0.3, -0.25) is 9.89 Å². The highest BCUT2D eigenvalue weighted by molar-refractivity contribution is 14.0. The number of hydrogen-bond donors (Lipinski definition) is 2. The molecule has 0 amide bonds. The SMILES string of the molecule is CCNC(=NCCCN1CCN(c2ccccc2F)CC1)NC1CC=CC1.I. The lowest BCUT2D eigenvalue weighted by Crippen LogP contribution is -2.47. The lowest BCUT2D eigenvalue weighted by Gasteiger charge is -2.36. The Morgan fingerprint density at radius 2 is 1.86 bits per heavy atom. The molecule has 0 spiro atoms. The third kappa shape index (κ3) is 6.92. The normalized spacial score (nSPS) is 18.2. The average molecular weight is 501 g/mol. The Labute approximate surface area is 185 Å². The number of aliphatic imine (C=N–C) groups is 1. The minimum Gasteiger partial charge on any atom is -0.367 e. The van der Waals surface area contributed by atoms with Crippen molar-refractivity contribution >= 4 is 35.6 Å². The minimum absolute atomic E-state index is 0. The van der Waals surface area contributed by atoms with Crippen molar-refractivity contribution in [3.05, 3.63) is 42.2 Å². The molecule has 0 bridgehead atoms. The predicted molar refractivity (Wildman–Crippen MR) is 126 cm³/mol. The van der Waals surface area contributed by atoms with E-state index in [-0.39, 0.29) is 29.8 Å². The van der Waals surface area contributed by atoms with E-state index in [1.807, 2.05) is 12.1 Å². The van der Waals surface area contributed by atoms with Crippen molar-refractivity contribution in [2.45, 2.75) is 32.2 Å². The van der Waals surface area contributed by atoms with Gasteiger partial charge < -0.3 is 15.5 Å². The maximum Gasteiger partial charge on any atom is 0.191 e. The van der Waals surface area contributed by atoms with Crippen LogP contribution in [0.15, 0.2) is 41.4 Å². The highest BCUT2D eigenvalue weighted by Crippen LogP contribution is 2.20. The van der Waals surface area contributed by atoms with Crippen LogP contribution in [0.4, 0.5) is 10.1 Å². The van der Waals surface area contributed by atoms with Crippen LogP contribution in [0.25, 0.3) is 0 Å². The topological polar surface area (TPSA) is 42.9 Å². The molecule has 1 heterocycles. The number of para-hydroxylation sites is 1. The number of piperazine rings is 1. The first kappa shape index (κ1) is 22.9. The van der Waals surface area contributed by atoms with Gasteiger partial charge in [0, 0.05) is 51.9 Å². The number of anilines is 1. The maximum absolute atomic E-state index is 13.9. The lowest BCUT2D eigenvalue weighted by molar-refractivity contribution is 0.256. The number of hydrogen-bond acceptors (Lipinski definition) is 3. The van der Waals surface area contributed by atoms with Crippen LogP contribution in [0.3, 0.4) is 0 Å². The first-order chi connectivity index (χ1) is 13.3. The Morgan fingerprint density at radius 3 is 2.54 bits per heavy atom. The Bertz CT molecular complexity index is 635. The summed E-state index contributed by atoms with van der Waals surface area (Å²) in [7, 11) is 0. The van der Waals surface area contributed by atoms with Crippen molar-refractivity contribution in [2.24, 2.45) is 4.99 Å². The van der Waals surface area contributed by atoms with Crippen LogP contribution in [-0.4, -0.2) is 62.7 Å². The Hall–Kier alpha value is -1.35. The number of nitrogens with one attached hydrogen (secondary N) is 2. The molecule has 3 rings (SSSR count). The molecule has 2 N–H and O–H groups in total. The second-order valence-corrected chi connectivity index (χ2v) is 7.18. The van der Waals surface area contributed by atoms with Crippen molar-refractivity contribution < 1.29 is 4.39 Å². The second kappa shape index (κ2) is 12.3. The molecule has 1 saturated heterocycles. The Morgan fingerprint density at radius 1 is 1.14 bits per heavy atom. The maximum atomic E-state index is 13.9. The van der Waals surface area contributed by atoms with Gasteiger partial charge in [-0.1, -0.05) is 24.3 Å². The van der Waals surface area contributed by atoms with E-state index in [0.29, 0.717) is 6.04 Å². The van der Waals surface area contributed by atoms with Crippen molar-refractivity contribution in [3.8, 4) is 0 Å². The van der Waals surface area contributed by atoms with Crippen molar-refractivity contribution in [1.82, 2.24) is 15.5 Å². The summed E-state index contributed by atoms with van der Waals surface area (Å²) < 4.78 is 13.9. The summed E-state index contributed by atoms with van der Waals surface area (Å²) in [4.78, 5) is 9.31. The lowest BCUT2D eigenvalue weighted by atomic mass is 10.2. The van der Waals surface area contributed by atoms with Gasteiger partial charge >= 0.3 is 0 Å². The molecular formula is C21H33FIN5. The first-order valence-corrected chi connectivity index (χ1v) is 10.2. The standard InChI is InChI=1S/C21H32FN5.HI/c1-2-23-21(25-18-8-3-4-9-18)24-12-7-13-26-14-16-27(17-15-26)20-11-6-5-10-19(20)22;/h3-6,10-11,18H,2,7-9,12-17H2,1H3,(H2,23,24,25);1H. The van der Waals surface area contributed by atoms with Gasteiger partial charge in [-0.05, 0) is 38.3 Å². The van der Waals surface area contributed by atoms with E-state index in [1.165, 1.54) is 6.07 Å². The van der Waals surface area contributed by atoms with Crippen LogP contribution >= 0.6 is 24.0 Å². The van der Waals surface area contributed by atoms with E-state index < -0.39 is 0 Å². The van der Waals surface area contributed by atoms with Crippen LogP contribution < -0.4 is 15.5 Å². The van der Waals surface area contributed by atoms with Crippen molar-refractivity contribution in [2.75, 3.05) is 50.7 Å². The van der Waals surface area contributed by atoms with Gasteiger partial charge in [-0.2, -0.15) is 0 Å². The molecule has 1 aliphatic heterocycles. The largest absolute Gasteiger partial charge is 0.367 e. The third-order valence-electron chi connectivity index (χ3n) is 5.16. The highest BCUT2D eigenvalue weighted by Gasteiger charge is 2.18. The quantitative estimate of drug-likeness (QED) is 0.198. The molecular weight excluding hydrogens is 468 g/mol. The van der Waals surface area contributed by atoms with Gasteiger partial charge in [0.1, 0.15) is 5.82 Å². The average Bonchev–Trinajstić information content (AvgIpc) is 3.19. The molecule has 1 aliphatic carbocycles. The molecule has 0 atom stereocenters. The molecule has 156 valence electrons. The van der Waals surface area contributed by atoms with Crippen LogP contribution in [0, 0.1) is 5.82 Å². The summed E-state index contributed by atoms with van der Waals surface area (Å²) in [5, 5.41) is 6.84. The van der Waals surface area contributed by atoms with Gasteiger partial charge in [-0.25, -0.2) is 4.39 Å². The smallest absolute Gasteiger partial charge is 0.191 e. The van der Waals surface area contributed by atoms with Gasteiger partial charge in [0.2, 0.25) is 0 Å². The molecule has 5 nitrogen and oxygen atoms in total. The molecule has 1 fully saturated rings. The first-order valence-electron chi connectivity index (χ1n) is 10.2. The summed E-state index contributed by atoms with van der Waals surface area (Å²) in [6.07, 6.45) is 7.65. The monoisotopic (exact) mass is 501 g/mol. The van der Waals surface area contributed by atoms with E-state index in [0.717, 1.165) is 76.7 Å². The van der Waals surface area contributed by atoms with Gasteiger partial charge in [0.25, 0.3) is 0 Å². The summed E-state index contributed by atoms with van der Waals surface area (Å²) >= 11 is 0. The molecule has 2 aliphatic rings.